The zero-order valence-electron chi connectivity index (χ0n) is 18.2. The van der Waals surface area contributed by atoms with Crippen LogP contribution in [0.25, 0.3) is 0 Å². The third-order valence-corrected chi connectivity index (χ3v) is 3.98. The quantitative estimate of drug-likeness (QED) is 0.141. The maximum atomic E-state index is 5.70. The Morgan fingerprint density at radius 1 is 0.828 bits per heavy atom. The topological polar surface area (TPSA) is 64.1 Å². The van der Waals surface area contributed by atoms with Crippen molar-refractivity contribution in [3.63, 3.8) is 0 Å². The predicted octanol–water partition coefficient (Wildman–Crippen LogP) is 3.99. The van der Waals surface area contributed by atoms with Crippen LogP contribution in [0.3, 0.4) is 0 Å². The number of benzene rings is 1. The Bertz CT molecular complexity index is 489. The molecule has 6 nitrogen and oxygen atoms in total. The first-order valence-electron chi connectivity index (χ1n) is 10.7. The number of hydrogen-bond acceptors (Lipinski definition) is 4. The van der Waals surface area contributed by atoms with E-state index in [0.29, 0.717) is 26.4 Å². The fourth-order valence-corrected chi connectivity index (χ4v) is 2.42. The van der Waals surface area contributed by atoms with Gasteiger partial charge in [-0.1, -0.05) is 43.7 Å². The summed E-state index contributed by atoms with van der Waals surface area (Å²) in [6.07, 6.45) is 4.30. The van der Waals surface area contributed by atoms with Gasteiger partial charge in [0.05, 0.1) is 26.4 Å². The summed E-state index contributed by atoms with van der Waals surface area (Å²) >= 11 is 0. The summed E-state index contributed by atoms with van der Waals surface area (Å²) in [7, 11) is 0. The highest BCUT2D eigenvalue weighted by atomic mass is 127. The van der Waals surface area contributed by atoms with Gasteiger partial charge in [0.1, 0.15) is 0 Å². The number of nitrogens with zero attached hydrogens (tertiary/aromatic N) is 1. The van der Waals surface area contributed by atoms with Crippen LogP contribution >= 0.6 is 24.0 Å². The number of hydrogen-bond donors (Lipinski definition) is 2. The molecule has 0 bridgehead atoms. The third kappa shape index (κ3) is 17.7. The van der Waals surface area contributed by atoms with Gasteiger partial charge >= 0.3 is 0 Å². The number of aliphatic imine (C=N–C) groups is 1. The average molecular weight is 521 g/mol. The van der Waals surface area contributed by atoms with Crippen LogP contribution in [0.15, 0.2) is 35.3 Å². The van der Waals surface area contributed by atoms with E-state index in [4.69, 9.17) is 14.2 Å². The van der Waals surface area contributed by atoms with Crippen LogP contribution in [0.4, 0.5) is 0 Å². The van der Waals surface area contributed by atoms with E-state index in [1.54, 1.807) is 0 Å². The summed E-state index contributed by atoms with van der Waals surface area (Å²) in [4.78, 5) is 4.60. The van der Waals surface area contributed by atoms with Crippen LogP contribution in [0.2, 0.25) is 0 Å². The number of nitrogens with one attached hydrogen (secondary N) is 2. The van der Waals surface area contributed by atoms with Crippen molar-refractivity contribution >= 4 is 29.9 Å². The van der Waals surface area contributed by atoms with Crippen molar-refractivity contribution in [1.29, 1.82) is 0 Å². The molecule has 0 aliphatic heterocycles. The molecule has 0 unspecified atom stereocenters. The molecule has 168 valence electrons. The Morgan fingerprint density at radius 3 is 2.28 bits per heavy atom. The molecule has 0 fully saturated rings. The van der Waals surface area contributed by atoms with Gasteiger partial charge in [-0.2, -0.15) is 0 Å². The van der Waals surface area contributed by atoms with E-state index < -0.39 is 0 Å². The highest BCUT2D eigenvalue weighted by molar-refractivity contribution is 14.0. The van der Waals surface area contributed by atoms with Crippen molar-refractivity contribution in [2.45, 2.75) is 46.1 Å². The van der Waals surface area contributed by atoms with Crippen molar-refractivity contribution in [3.05, 3.63) is 35.9 Å². The highest BCUT2D eigenvalue weighted by Crippen LogP contribution is 2.01. The molecule has 1 rings (SSSR count). The fraction of sp³-hybridized carbons (Fsp3) is 0.682. The van der Waals surface area contributed by atoms with Crippen LogP contribution < -0.4 is 10.6 Å². The lowest BCUT2D eigenvalue weighted by Gasteiger charge is -2.11. The molecule has 0 atom stereocenters. The van der Waals surface area contributed by atoms with Crippen LogP contribution in [-0.2, 0) is 20.8 Å². The molecule has 0 heterocycles. The molecule has 0 aromatic heterocycles. The molecule has 29 heavy (non-hydrogen) atoms. The van der Waals surface area contributed by atoms with Crippen molar-refractivity contribution in [2.75, 3.05) is 52.7 Å². The van der Waals surface area contributed by atoms with Gasteiger partial charge in [-0.3, -0.25) is 4.99 Å². The minimum atomic E-state index is 0. The maximum absolute atomic E-state index is 5.70. The maximum Gasteiger partial charge on any atom is 0.191 e. The SMILES string of the molecule is CCCCOCCOCCNC(=NCCCCOCc1ccccc1)NCC.I. The van der Waals surface area contributed by atoms with Gasteiger partial charge in [-0.15, -0.1) is 24.0 Å². The third-order valence-electron chi connectivity index (χ3n) is 3.98. The molecule has 2 N–H and O–H groups in total. The zero-order valence-corrected chi connectivity index (χ0v) is 20.5. The smallest absolute Gasteiger partial charge is 0.191 e. The number of halogens is 1. The van der Waals surface area contributed by atoms with Crippen LogP contribution in [0.1, 0.15) is 45.1 Å². The summed E-state index contributed by atoms with van der Waals surface area (Å²) in [5.74, 6) is 0.843. The second kappa shape index (κ2) is 21.8. The zero-order chi connectivity index (χ0) is 20.1. The molecular weight excluding hydrogens is 481 g/mol. The van der Waals surface area contributed by atoms with Crippen molar-refractivity contribution in [1.82, 2.24) is 10.6 Å². The summed E-state index contributed by atoms with van der Waals surface area (Å²) in [6, 6.07) is 10.3. The lowest BCUT2D eigenvalue weighted by molar-refractivity contribution is 0.0487. The summed E-state index contributed by atoms with van der Waals surface area (Å²) in [5, 5.41) is 6.56. The molecule has 0 amide bonds. The molecule has 0 saturated heterocycles. The van der Waals surface area contributed by atoms with Gasteiger partial charge in [-0.05, 0) is 31.7 Å². The molecule has 0 saturated carbocycles. The highest BCUT2D eigenvalue weighted by Gasteiger charge is 1.97. The molecule has 1 aromatic carbocycles. The minimum Gasteiger partial charge on any atom is -0.379 e. The average Bonchev–Trinajstić information content (AvgIpc) is 2.72. The molecular formula is C22H40IN3O3. The van der Waals surface area contributed by atoms with E-state index in [1.807, 2.05) is 18.2 Å². The molecule has 0 aliphatic carbocycles. The van der Waals surface area contributed by atoms with Gasteiger partial charge in [0.25, 0.3) is 0 Å². The molecule has 1 aromatic rings. The van der Waals surface area contributed by atoms with Crippen LogP contribution in [-0.4, -0.2) is 58.6 Å². The van der Waals surface area contributed by atoms with E-state index in [0.717, 1.165) is 64.5 Å². The van der Waals surface area contributed by atoms with Gasteiger partial charge in [0, 0.05) is 32.8 Å². The van der Waals surface area contributed by atoms with Crippen molar-refractivity contribution in [3.8, 4) is 0 Å². The van der Waals surface area contributed by atoms with Gasteiger partial charge in [0.15, 0.2) is 5.96 Å². The Kier molecular flexibility index (Phi) is 21.1. The van der Waals surface area contributed by atoms with Crippen molar-refractivity contribution < 1.29 is 14.2 Å². The largest absolute Gasteiger partial charge is 0.379 e. The first-order valence-corrected chi connectivity index (χ1v) is 10.7. The summed E-state index contributed by atoms with van der Waals surface area (Å²) in [6.45, 7) is 10.8. The molecule has 0 aliphatic rings. The molecule has 7 heteroatoms. The lowest BCUT2D eigenvalue weighted by Crippen LogP contribution is -2.39. The lowest BCUT2D eigenvalue weighted by atomic mass is 10.2. The van der Waals surface area contributed by atoms with Crippen molar-refractivity contribution in [2.24, 2.45) is 4.99 Å². The number of ether oxygens (including phenoxy) is 3. The Hall–Kier alpha value is -0.900. The van der Waals surface area contributed by atoms with E-state index >= 15 is 0 Å². The second-order valence-electron chi connectivity index (χ2n) is 6.51. The standard InChI is InChI=1S/C22H39N3O3.HI/c1-3-5-15-26-18-19-27-17-14-25-22(23-4-2)24-13-9-10-16-28-20-21-11-7-6-8-12-21;/h6-8,11-12H,3-5,9-10,13-20H2,1-2H3,(H2,23,24,25);1H. The monoisotopic (exact) mass is 521 g/mol. The van der Waals surface area contributed by atoms with E-state index in [1.165, 1.54) is 5.56 Å². The molecule has 0 spiro atoms. The van der Waals surface area contributed by atoms with Gasteiger partial charge in [0.2, 0.25) is 0 Å². The summed E-state index contributed by atoms with van der Waals surface area (Å²) in [5.41, 5.74) is 1.22. The first-order chi connectivity index (χ1) is 13.9. The van der Waals surface area contributed by atoms with Gasteiger partial charge in [-0.25, -0.2) is 0 Å². The first kappa shape index (κ1) is 28.1. The number of guanidine groups is 1. The molecule has 0 radical (unpaired) electrons. The van der Waals surface area contributed by atoms with E-state index in [9.17, 15) is 0 Å². The van der Waals surface area contributed by atoms with Crippen LogP contribution in [0.5, 0.6) is 0 Å². The van der Waals surface area contributed by atoms with E-state index in [-0.39, 0.29) is 24.0 Å². The predicted molar refractivity (Wildman–Crippen MR) is 131 cm³/mol. The number of rotatable bonds is 17. The van der Waals surface area contributed by atoms with E-state index in [2.05, 4.69) is 41.6 Å². The minimum absolute atomic E-state index is 0. The fourth-order valence-electron chi connectivity index (χ4n) is 2.42. The Balaban J connectivity index is 0.00000784. The Morgan fingerprint density at radius 2 is 1.55 bits per heavy atom. The normalized spacial score (nSPS) is 11.2. The second-order valence-corrected chi connectivity index (χ2v) is 6.51. The van der Waals surface area contributed by atoms with Crippen LogP contribution in [0, 0.1) is 0 Å². The summed E-state index contributed by atoms with van der Waals surface area (Å²) < 4.78 is 16.7. The number of unbranched alkanes of at least 4 members (excludes halogenated alkanes) is 2. The van der Waals surface area contributed by atoms with Gasteiger partial charge < -0.3 is 24.8 Å². The Labute approximate surface area is 194 Å².